The lowest BCUT2D eigenvalue weighted by Crippen LogP contribution is -2.46. The fraction of sp³-hybridized carbons (Fsp3) is 0.300. The predicted octanol–water partition coefficient (Wildman–Crippen LogP) is 4.34. The van der Waals surface area contributed by atoms with Crippen LogP contribution in [-0.4, -0.2) is 35.8 Å². The molecule has 0 aliphatic carbocycles. The van der Waals surface area contributed by atoms with Crippen LogP contribution >= 0.6 is 23.2 Å². The maximum absolute atomic E-state index is 12.6. The fourth-order valence-electron chi connectivity index (χ4n) is 3.15. The predicted molar refractivity (Wildman–Crippen MR) is 104 cm³/mol. The molecule has 1 heterocycles. The first-order valence-corrected chi connectivity index (χ1v) is 9.32. The van der Waals surface area contributed by atoms with Gasteiger partial charge in [-0.25, -0.2) is 0 Å². The van der Waals surface area contributed by atoms with E-state index in [1.54, 1.807) is 23.1 Å². The number of likely N-dealkylation sites (tertiary alicyclic amines) is 1. The maximum Gasteiger partial charge on any atom is 0.255 e. The zero-order valence-electron chi connectivity index (χ0n) is 14.5. The first kappa shape index (κ1) is 18.7. The number of halogens is 2. The first-order valence-electron chi connectivity index (χ1n) is 8.56. The number of hydrogen-bond acceptors (Lipinski definition) is 2. The molecule has 0 atom stereocenters. The van der Waals surface area contributed by atoms with Gasteiger partial charge in [0.2, 0.25) is 0 Å². The van der Waals surface area contributed by atoms with Crippen LogP contribution in [0.2, 0.25) is 10.0 Å². The van der Waals surface area contributed by atoms with Crippen molar-refractivity contribution >= 4 is 35.0 Å². The zero-order chi connectivity index (χ0) is 18.7. The molecule has 2 aromatic rings. The summed E-state index contributed by atoms with van der Waals surface area (Å²) < 4.78 is 0. The molecule has 0 aromatic heterocycles. The van der Waals surface area contributed by atoms with Gasteiger partial charge in [0.15, 0.2) is 0 Å². The number of piperidine rings is 1. The van der Waals surface area contributed by atoms with Gasteiger partial charge in [0.25, 0.3) is 11.8 Å². The number of carbonyl (C=O) groups is 2. The number of rotatable bonds is 3. The van der Waals surface area contributed by atoms with Gasteiger partial charge in [-0.05, 0) is 49.6 Å². The highest BCUT2D eigenvalue weighted by molar-refractivity contribution is 6.36. The molecule has 1 N–H and O–H groups in total. The summed E-state index contributed by atoms with van der Waals surface area (Å²) in [5, 5.41) is 3.94. The summed E-state index contributed by atoms with van der Waals surface area (Å²) in [5.74, 6) is -0.163. The van der Waals surface area contributed by atoms with Crippen molar-refractivity contribution in [3.05, 3.63) is 69.2 Å². The van der Waals surface area contributed by atoms with Crippen LogP contribution in [0.25, 0.3) is 0 Å². The van der Waals surface area contributed by atoms with Crippen LogP contribution in [-0.2, 0) is 0 Å². The van der Waals surface area contributed by atoms with Gasteiger partial charge >= 0.3 is 0 Å². The lowest BCUT2D eigenvalue weighted by Gasteiger charge is -2.32. The van der Waals surface area contributed by atoms with Crippen molar-refractivity contribution in [1.82, 2.24) is 10.2 Å². The third kappa shape index (κ3) is 4.19. The van der Waals surface area contributed by atoms with Crippen molar-refractivity contribution in [3.63, 3.8) is 0 Å². The standard InChI is InChI=1S/C20H20Cl2N2O2/c1-13-4-2-3-5-16(13)19(25)23-15-8-10-24(11-9-15)20(26)17-7-6-14(21)12-18(17)22/h2-7,12,15H,8-11H2,1H3,(H,23,25). The second-order valence-electron chi connectivity index (χ2n) is 6.48. The number of nitrogens with one attached hydrogen (secondary N) is 1. The fourth-order valence-corrected chi connectivity index (χ4v) is 3.64. The Bertz CT molecular complexity index is 830. The highest BCUT2D eigenvalue weighted by Gasteiger charge is 2.26. The van der Waals surface area contributed by atoms with E-state index in [2.05, 4.69) is 5.32 Å². The normalized spacial score (nSPS) is 15.0. The van der Waals surface area contributed by atoms with E-state index in [4.69, 9.17) is 23.2 Å². The Labute approximate surface area is 163 Å². The highest BCUT2D eigenvalue weighted by atomic mass is 35.5. The second kappa shape index (κ2) is 8.11. The molecule has 26 heavy (non-hydrogen) atoms. The number of amides is 2. The highest BCUT2D eigenvalue weighted by Crippen LogP contribution is 2.24. The Morgan fingerprint density at radius 2 is 1.73 bits per heavy atom. The summed E-state index contributed by atoms with van der Waals surface area (Å²) in [6, 6.07) is 12.5. The van der Waals surface area contributed by atoms with E-state index in [1.165, 1.54) is 0 Å². The Morgan fingerprint density at radius 1 is 1.04 bits per heavy atom. The molecule has 2 aromatic carbocycles. The van der Waals surface area contributed by atoms with Crippen LogP contribution < -0.4 is 5.32 Å². The van der Waals surface area contributed by atoms with E-state index >= 15 is 0 Å². The molecule has 136 valence electrons. The molecule has 3 rings (SSSR count). The quantitative estimate of drug-likeness (QED) is 0.847. The zero-order valence-corrected chi connectivity index (χ0v) is 16.0. The van der Waals surface area contributed by atoms with Gasteiger partial charge in [0, 0.05) is 29.7 Å². The molecular weight excluding hydrogens is 371 g/mol. The van der Waals surface area contributed by atoms with Gasteiger partial charge in [-0.2, -0.15) is 0 Å². The largest absolute Gasteiger partial charge is 0.349 e. The lowest BCUT2D eigenvalue weighted by atomic mass is 10.0. The summed E-state index contributed by atoms with van der Waals surface area (Å²) in [6.45, 7) is 3.08. The number of nitrogens with zero attached hydrogens (tertiary/aromatic N) is 1. The topological polar surface area (TPSA) is 49.4 Å². The summed E-state index contributed by atoms with van der Waals surface area (Å²) in [6.07, 6.45) is 1.43. The van der Waals surface area contributed by atoms with E-state index in [0.29, 0.717) is 47.1 Å². The van der Waals surface area contributed by atoms with E-state index in [0.717, 1.165) is 5.56 Å². The molecule has 0 spiro atoms. The Balaban J connectivity index is 1.58. The van der Waals surface area contributed by atoms with Crippen molar-refractivity contribution in [2.45, 2.75) is 25.8 Å². The van der Waals surface area contributed by atoms with Gasteiger partial charge in [0.05, 0.1) is 10.6 Å². The van der Waals surface area contributed by atoms with E-state index in [9.17, 15) is 9.59 Å². The molecule has 0 saturated carbocycles. The summed E-state index contributed by atoms with van der Waals surface area (Å²) >= 11 is 12.0. The number of benzene rings is 2. The molecule has 1 fully saturated rings. The van der Waals surface area contributed by atoms with E-state index in [1.807, 2.05) is 31.2 Å². The van der Waals surface area contributed by atoms with Gasteiger partial charge in [-0.15, -0.1) is 0 Å². The average molecular weight is 391 g/mol. The maximum atomic E-state index is 12.6. The molecule has 2 amide bonds. The van der Waals surface area contributed by atoms with Crippen molar-refractivity contribution in [2.24, 2.45) is 0 Å². The second-order valence-corrected chi connectivity index (χ2v) is 7.32. The minimum atomic E-state index is -0.102. The first-order chi connectivity index (χ1) is 12.5. The van der Waals surface area contributed by atoms with Gasteiger partial charge in [-0.3, -0.25) is 9.59 Å². The van der Waals surface area contributed by atoms with Gasteiger partial charge in [0.1, 0.15) is 0 Å². The molecule has 1 aliphatic rings. The van der Waals surface area contributed by atoms with Crippen molar-refractivity contribution < 1.29 is 9.59 Å². The molecule has 4 nitrogen and oxygen atoms in total. The summed E-state index contributed by atoms with van der Waals surface area (Å²) in [7, 11) is 0. The minimum absolute atomic E-state index is 0.0615. The van der Waals surface area contributed by atoms with Crippen LogP contribution in [0.5, 0.6) is 0 Å². The van der Waals surface area contributed by atoms with Crippen LogP contribution in [0.4, 0.5) is 0 Å². The van der Waals surface area contributed by atoms with Gasteiger partial charge < -0.3 is 10.2 Å². The summed E-state index contributed by atoms with van der Waals surface area (Å²) in [5.41, 5.74) is 2.10. The van der Waals surface area contributed by atoms with Crippen molar-refractivity contribution in [1.29, 1.82) is 0 Å². The monoisotopic (exact) mass is 390 g/mol. The van der Waals surface area contributed by atoms with Crippen LogP contribution in [0.3, 0.4) is 0 Å². The van der Waals surface area contributed by atoms with Crippen molar-refractivity contribution in [3.8, 4) is 0 Å². The number of hydrogen-bond donors (Lipinski definition) is 1. The molecule has 6 heteroatoms. The molecular formula is C20H20Cl2N2O2. The molecule has 0 radical (unpaired) electrons. The molecule has 1 aliphatic heterocycles. The Hall–Kier alpha value is -2.04. The molecule has 0 bridgehead atoms. The smallest absolute Gasteiger partial charge is 0.255 e. The molecule has 1 saturated heterocycles. The van der Waals surface area contributed by atoms with E-state index in [-0.39, 0.29) is 17.9 Å². The Kier molecular flexibility index (Phi) is 5.84. The lowest BCUT2D eigenvalue weighted by molar-refractivity contribution is 0.0698. The van der Waals surface area contributed by atoms with Crippen LogP contribution in [0, 0.1) is 6.92 Å². The number of aryl methyl sites for hydroxylation is 1. The average Bonchev–Trinajstić information content (AvgIpc) is 2.62. The Morgan fingerprint density at radius 3 is 2.38 bits per heavy atom. The third-order valence-corrected chi connectivity index (χ3v) is 5.22. The SMILES string of the molecule is Cc1ccccc1C(=O)NC1CCN(C(=O)c2ccc(Cl)cc2Cl)CC1. The minimum Gasteiger partial charge on any atom is -0.349 e. The molecule has 0 unspecified atom stereocenters. The van der Waals surface area contributed by atoms with Crippen LogP contribution in [0.1, 0.15) is 39.1 Å². The van der Waals surface area contributed by atoms with Gasteiger partial charge in [-0.1, -0.05) is 41.4 Å². The number of carbonyl (C=O) groups excluding carboxylic acids is 2. The van der Waals surface area contributed by atoms with E-state index < -0.39 is 0 Å². The third-order valence-electron chi connectivity index (χ3n) is 4.67. The van der Waals surface area contributed by atoms with Crippen LogP contribution in [0.15, 0.2) is 42.5 Å². The summed E-state index contributed by atoms with van der Waals surface area (Å²) in [4.78, 5) is 26.8. The van der Waals surface area contributed by atoms with Crippen molar-refractivity contribution in [2.75, 3.05) is 13.1 Å².